The second-order valence-corrected chi connectivity index (χ2v) is 3.95. The van der Waals surface area contributed by atoms with Gasteiger partial charge in [-0.2, -0.15) is 0 Å². The van der Waals surface area contributed by atoms with Crippen LogP contribution in [0.4, 0.5) is 4.39 Å². The maximum Gasteiger partial charge on any atom is 0.331 e. The first-order valence-electron chi connectivity index (χ1n) is 5.34. The maximum atomic E-state index is 12.8. The Morgan fingerprint density at radius 3 is 2.11 bits per heavy atom. The van der Waals surface area contributed by atoms with Crippen molar-refractivity contribution in [1.29, 1.82) is 0 Å². The number of amides is 2. The van der Waals surface area contributed by atoms with E-state index in [0.29, 0.717) is 0 Å². The van der Waals surface area contributed by atoms with Gasteiger partial charge in [-0.15, -0.1) is 0 Å². The summed E-state index contributed by atoms with van der Waals surface area (Å²) in [6, 6.07) is 3.32. The zero-order chi connectivity index (χ0) is 13.3. The summed E-state index contributed by atoms with van der Waals surface area (Å²) in [4.78, 5) is 35.0. The van der Waals surface area contributed by atoms with Crippen LogP contribution in [0.5, 0.6) is 0 Å². The van der Waals surface area contributed by atoms with Crippen molar-refractivity contribution in [2.24, 2.45) is 0 Å². The molecule has 5 nitrogen and oxygen atoms in total. The van der Waals surface area contributed by atoms with Gasteiger partial charge in [-0.25, -0.2) is 9.18 Å². The van der Waals surface area contributed by atoms with Gasteiger partial charge in [0.1, 0.15) is 5.82 Å². The van der Waals surface area contributed by atoms with Crippen molar-refractivity contribution in [3.8, 4) is 0 Å². The van der Waals surface area contributed by atoms with Crippen LogP contribution >= 0.6 is 0 Å². The molecule has 1 N–H and O–H groups in total. The molecule has 1 saturated heterocycles. The third-order valence-corrected chi connectivity index (χ3v) is 2.77. The van der Waals surface area contributed by atoms with E-state index >= 15 is 0 Å². The number of carbonyl (C=O) groups is 3. The molecule has 0 spiro atoms. The fourth-order valence-corrected chi connectivity index (χ4v) is 1.93. The van der Waals surface area contributed by atoms with Crippen LogP contribution in [0, 0.1) is 5.82 Å². The number of hydrogen-bond donors (Lipinski definition) is 1. The van der Waals surface area contributed by atoms with Crippen molar-refractivity contribution in [2.75, 3.05) is 0 Å². The molecule has 1 fully saturated rings. The van der Waals surface area contributed by atoms with Crippen LogP contribution in [0.25, 0.3) is 0 Å². The van der Waals surface area contributed by atoms with E-state index in [1.165, 1.54) is 12.1 Å². The minimum Gasteiger partial charge on any atom is -0.479 e. The molecule has 1 aromatic carbocycles. The second-order valence-electron chi connectivity index (χ2n) is 3.95. The van der Waals surface area contributed by atoms with Gasteiger partial charge in [0.05, 0.1) is 0 Å². The molecular weight excluding hydrogens is 241 g/mol. The highest BCUT2D eigenvalue weighted by Crippen LogP contribution is 2.27. The standard InChI is InChI=1S/C12H10FNO4/c13-8-3-1-7(2-4-8)11(12(17)18)14-9(15)5-6-10(14)16/h1-4,11H,5-6H2,(H,17,18). The number of carbonyl (C=O) groups excluding carboxylic acids is 2. The Bertz CT molecular complexity index is 495. The van der Waals surface area contributed by atoms with Crippen molar-refractivity contribution < 1.29 is 23.9 Å². The minimum absolute atomic E-state index is 0.0177. The summed E-state index contributed by atoms with van der Waals surface area (Å²) < 4.78 is 12.8. The molecule has 6 heteroatoms. The van der Waals surface area contributed by atoms with Gasteiger partial charge in [-0.1, -0.05) is 12.1 Å². The van der Waals surface area contributed by atoms with E-state index in [0.717, 1.165) is 17.0 Å². The Hall–Kier alpha value is -2.24. The molecule has 0 aromatic heterocycles. The van der Waals surface area contributed by atoms with Gasteiger partial charge >= 0.3 is 5.97 Å². The Balaban J connectivity index is 2.40. The van der Waals surface area contributed by atoms with Crippen LogP contribution in [-0.2, 0) is 14.4 Å². The SMILES string of the molecule is O=C(O)C(c1ccc(F)cc1)N1C(=O)CCC1=O. The van der Waals surface area contributed by atoms with Gasteiger partial charge in [0, 0.05) is 12.8 Å². The molecule has 1 heterocycles. The number of rotatable bonds is 3. The van der Waals surface area contributed by atoms with Gasteiger partial charge in [-0.05, 0) is 17.7 Å². The zero-order valence-corrected chi connectivity index (χ0v) is 9.30. The summed E-state index contributed by atoms with van der Waals surface area (Å²) in [6.45, 7) is 0. The topological polar surface area (TPSA) is 74.7 Å². The molecule has 0 aliphatic carbocycles. The summed E-state index contributed by atoms with van der Waals surface area (Å²) in [7, 11) is 0. The summed E-state index contributed by atoms with van der Waals surface area (Å²) >= 11 is 0. The molecule has 0 saturated carbocycles. The number of likely N-dealkylation sites (tertiary alicyclic amines) is 1. The number of benzene rings is 1. The van der Waals surface area contributed by atoms with Crippen LogP contribution in [0.2, 0.25) is 0 Å². The Morgan fingerprint density at radius 2 is 1.67 bits per heavy atom. The normalized spacial score (nSPS) is 17.1. The highest BCUT2D eigenvalue weighted by molar-refractivity contribution is 6.05. The quantitative estimate of drug-likeness (QED) is 0.816. The van der Waals surface area contributed by atoms with Crippen molar-refractivity contribution in [3.63, 3.8) is 0 Å². The average Bonchev–Trinajstić information content (AvgIpc) is 2.63. The Labute approximate surface area is 102 Å². The lowest BCUT2D eigenvalue weighted by atomic mass is 10.1. The molecular formula is C12H10FNO4. The fraction of sp³-hybridized carbons (Fsp3) is 0.250. The molecule has 94 valence electrons. The van der Waals surface area contributed by atoms with Crippen molar-refractivity contribution in [3.05, 3.63) is 35.6 Å². The van der Waals surface area contributed by atoms with E-state index in [1.54, 1.807) is 0 Å². The minimum atomic E-state index is -1.38. The first-order chi connectivity index (χ1) is 8.50. The van der Waals surface area contributed by atoms with E-state index in [2.05, 4.69) is 0 Å². The number of imide groups is 1. The Morgan fingerprint density at radius 1 is 1.17 bits per heavy atom. The van der Waals surface area contributed by atoms with Crippen molar-refractivity contribution in [2.45, 2.75) is 18.9 Å². The molecule has 2 amide bonds. The zero-order valence-electron chi connectivity index (χ0n) is 9.30. The highest BCUT2D eigenvalue weighted by atomic mass is 19.1. The molecule has 18 heavy (non-hydrogen) atoms. The van der Waals surface area contributed by atoms with Gasteiger partial charge in [-0.3, -0.25) is 14.5 Å². The molecule has 0 bridgehead atoms. The molecule has 1 unspecified atom stereocenters. The predicted octanol–water partition coefficient (Wildman–Crippen LogP) is 1.10. The van der Waals surface area contributed by atoms with E-state index in [9.17, 15) is 18.8 Å². The predicted molar refractivity (Wildman–Crippen MR) is 57.9 cm³/mol. The van der Waals surface area contributed by atoms with Crippen LogP contribution in [-0.4, -0.2) is 27.8 Å². The molecule has 2 rings (SSSR count). The molecule has 1 atom stereocenters. The van der Waals surface area contributed by atoms with E-state index in [4.69, 9.17) is 5.11 Å². The molecule has 0 radical (unpaired) electrons. The number of carboxylic acids is 1. The number of aliphatic carboxylic acids is 1. The van der Waals surface area contributed by atoms with Crippen molar-refractivity contribution >= 4 is 17.8 Å². The smallest absolute Gasteiger partial charge is 0.331 e. The average molecular weight is 251 g/mol. The van der Waals surface area contributed by atoms with E-state index in [1.807, 2.05) is 0 Å². The van der Waals surface area contributed by atoms with Gasteiger partial charge in [0.25, 0.3) is 0 Å². The third kappa shape index (κ3) is 2.09. The third-order valence-electron chi connectivity index (χ3n) is 2.77. The molecule has 1 aliphatic heterocycles. The fourth-order valence-electron chi connectivity index (χ4n) is 1.93. The van der Waals surface area contributed by atoms with Crippen LogP contribution in [0.3, 0.4) is 0 Å². The first kappa shape index (κ1) is 12.2. The monoisotopic (exact) mass is 251 g/mol. The van der Waals surface area contributed by atoms with Crippen molar-refractivity contribution in [1.82, 2.24) is 4.90 Å². The van der Waals surface area contributed by atoms with Gasteiger partial charge in [0.15, 0.2) is 6.04 Å². The second kappa shape index (κ2) is 4.56. The number of carboxylic acid groups (broad SMARTS) is 1. The lowest BCUT2D eigenvalue weighted by Gasteiger charge is -2.22. The first-order valence-corrected chi connectivity index (χ1v) is 5.34. The summed E-state index contributed by atoms with van der Waals surface area (Å²) in [5.74, 6) is -2.86. The summed E-state index contributed by atoms with van der Waals surface area (Å²) in [5.41, 5.74) is 0.201. The number of halogens is 1. The lowest BCUT2D eigenvalue weighted by molar-refractivity contribution is -0.154. The molecule has 1 aromatic rings. The van der Waals surface area contributed by atoms with Crippen LogP contribution in [0.1, 0.15) is 24.4 Å². The lowest BCUT2D eigenvalue weighted by Crippen LogP contribution is -2.37. The van der Waals surface area contributed by atoms with Gasteiger partial charge < -0.3 is 5.11 Å². The maximum absolute atomic E-state index is 12.8. The summed E-state index contributed by atoms with van der Waals surface area (Å²) in [5, 5.41) is 9.15. The summed E-state index contributed by atoms with van der Waals surface area (Å²) in [6.07, 6.45) is 0.0353. The highest BCUT2D eigenvalue weighted by Gasteiger charge is 2.39. The number of nitrogens with zero attached hydrogens (tertiary/aromatic N) is 1. The van der Waals surface area contributed by atoms with Crippen LogP contribution in [0.15, 0.2) is 24.3 Å². The number of hydrogen-bond acceptors (Lipinski definition) is 3. The van der Waals surface area contributed by atoms with E-state index < -0.39 is 29.6 Å². The molecule has 1 aliphatic rings. The van der Waals surface area contributed by atoms with Crippen LogP contribution < -0.4 is 0 Å². The largest absolute Gasteiger partial charge is 0.479 e. The van der Waals surface area contributed by atoms with Gasteiger partial charge in [0.2, 0.25) is 11.8 Å². The Kier molecular flexibility index (Phi) is 3.10. The van der Waals surface area contributed by atoms with E-state index in [-0.39, 0.29) is 18.4 Å².